The Balaban J connectivity index is 1.76. The van der Waals surface area contributed by atoms with Crippen LogP contribution in [0.2, 0.25) is 5.02 Å². The zero-order chi connectivity index (χ0) is 22.4. The van der Waals surface area contributed by atoms with Gasteiger partial charge in [0, 0.05) is 42.7 Å². The van der Waals surface area contributed by atoms with Crippen LogP contribution in [0.3, 0.4) is 0 Å². The lowest BCUT2D eigenvalue weighted by Gasteiger charge is -2.25. The lowest BCUT2D eigenvalue weighted by Crippen LogP contribution is -2.33. The Morgan fingerprint density at radius 2 is 2.16 bits per heavy atom. The molecule has 1 unspecified atom stereocenters. The second-order valence-electron chi connectivity index (χ2n) is 7.49. The molecule has 166 valence electrons. The second-order valence-corrected chi connectivity index (χ2v) is 8.96. The van der Waals surface area contributed by atoms with Gasteiger partial charge in [0.1, 0.15) is 11.3 Å². The van der Waals surface area contributed by atoms with Gasteiger partial charge in [-0.15, -0.1) is 0 Å². The number of ether oxygens (including phenoxy) is 1. The van der Waals surface area contributed by atoms with Crippen LogP contribution < -0.4 is 20.7 Å². The van der Waals surface area contributed by atoms with Gasteiger partial charge in [0.25, 0.3) is 0 Å². The van der Waals surface area contributed by atoms with Gasteiger partial charge in [0.15, 0.2) is 10.9 Å². The fourth-order valence-electron chi connectivity index (χ4n) is 3.99. The van der Waals surface area contributed by atoms with E-state index in [1.54, 1.807) is 12.1 Å². The maximum Gasteiger partial charge on any atom is 0.318 e. The monoisotopic (exact) mass is 474 g/mol. The Kier molecular flexibility index (Phi) is 5.46. The number of methoxy groups -OCH3 is 1. The fraction of sp³-hybridized carbons (Fsp3) is 0.286. The molecule has 4 aromatic rings. The van der Waals surface area contributed by atoms with Crippen LogP contribution in [0.5, 0.6) is 6.01 Å². The van der Waals surface area contributed by atoms with E-state index in [1.165, 1.54) is 18.4 Å². The summed E-state index contributed by atoms with van der Waals surface area (Å²) in [5.74, 6) is -0.139. The molecule has 0 spiro atoms. The number of nitrogens with one attached hydrogen (secondary N) is 1. The molecule has 2 aromatic carbocycles. The highest BCUT2D eigenvalue weighted by atomic mass is 35.5. The molecule has 1 fully saturated rings. The van der Waals surface area contributed by atoms with Gasteiger partial charge in [-0.3, -0.25) is 0 Å². The first-order valence-corrected chi connectivity index (χ1v) is 11.2. The van der Waals surface area contributed by atoms with Crippen LogP contribution in [-0.2, 0) is 0 Å². The third kappa shape index (κ3) is 3.58. The minimum atomic E-state index is -0.596. The molecule has 0 amide bonds. The number of thiazole rings is 1. The summed E-state index contributed by atoms with van der Waals surface area (Å²) in [7, 11) is 1.43. The highest BCUT2D eigenvalue weighted by Gasteiger charge is 2.25. The number of rotatable bonds is 3. The van der Waals surface area contributed by atoms with Gasteiger partial charge in [-0.05, 0) is 12.1 Å². The van der Waals surface area contributed by atoms with Crippen molar-refractivity contribution in [1.29, 1.82) is 0 Å². The number of hydrogen-bond donors (Lipinski definition) is 3. The lowest BCUT2D eigenvalue weighted by molar-refractivity contribution is 0.184. The number of β-amino-alcohol motifs (C(OH)–C–C–N with tert-alkyl or cyclic N) is 1. The number of halogens is 2. The molecule has 1 aliphatic rings. The van der Waals surface area contributed by atoms with Gasteiger partial charge >= 0.3 is 6.01 Å². The number of nitrogens with two attached hydrogens (primary N) is 1. The van der Waals surface area contributed by atoms with Crippen LogP contribution in [0.4, 0.5) is 15.3 Å². The van der Waals surface area contributed by atoms with E-state index in [-0.39, 0.29) is 22.1 Å². The van der Waals surface area contributed by atoms with E-state index in [4.69, 9.17) is 22.1 Å². The minimum Gasteiger partial charge on any atom is -0.467 e. The highest BCUT2D eigenvalue weighted by Crippen LogP contribution is 2.41. The van der Waals surface area contributed by atoms with Crippen molar-refractivity contribution >= 4 is 55.0 Å². The molecule has 8 nitrogen and oxygen atoms in total. The predicted molar refractivity (Wildman–Crippen MR) is 125 cm³/mol. The molecule has 0 radical (unpaired) electrons. The van der Waals surface area contributed by atoms with E-state index in [0.29, 0.717) is 53.6 Å². The molecule has 1 aliphatic heterocycles. The van der Waals surface area contributed by atoms with E-state index < -0.39 is 11.9 Å². The lowest BCUT2D eigenvalue weighted by atomic mass is 10.0. The summed E-state index contributed by atoms with van der Waals surface area (Å²) in [6.07, 6.45) is -0.596. The van der Waals surface area contributed by atoms with Gasteiger partial charge in [0.2, 0.25) is 0 Å². The molecule has 0 saturated carbocycles. The smallest absolute Gasteiger partial charge is 0.318 e. The third-order valence-corrected chi connectivity index (χ3v) is 6.55. The largest absolute Gasteiger partial charge is 0.467 e. The summed E-state index contributed by atoms with van der Waals surface area (Å²) in [6.45, 7) is 2.02. The van der Waals surface area contributed by atoms with Gasteiger partial charge < -0.3 is 25.8 Å². The third-order valence-electron chi connectivity index (χ3n) is 5.40. The standard InChI is InChI=1S/C21H20ClFN6O2S/c1-31-21-27-18-12(19(28-21)29-6-5-25-8-10(30)9-29)7-13(22)15(16(18)23)11-3-2-4-14-17(11)26-20(24)32-14/h2-4,7,10,25,30H,5-6,8-9H2,1H3,(H2,24,26). The Bertz CT molecular complexity index is 1330. The van der Waals surface area contributed by atoms with Crippen LogP contribution in [0, 0.1) is 5.82 Å². The van der Waals surface area contributed by atoms with Crippen LogP contribution in [0.25, 0.3) is 32.2 Å². The first-order valence-electron chi connectivity index (χ1n) is 9.99. The van der Waals surface area contributed by atoms with Gasteiger partial charge in [-0.2, -0.15) is 9.97 Å². The fourth-order valence-corrected chi connectivity index (χ4v) is 5.05. The molecule has 11 heteroatoms. The summed E-state index contributed by atoms with van der Waals surface area (Å²) >= 11 is 7.96. The van der Waals surface area contributed by atoms with E-state index >= 15 is 4.39 Å². The molecular formula is C21H20ClFN6O2S. The molecule has 3 heterocycles. The molecule has 4 N–H and O–H groups in total. The quantitative estimate of drug-likeness (QED) is 0.415. The van der Waals surface area contributed by atoms with Crippen molar-refractivity contribution in [2.24, 2.45) is 0 Å². The van der Waals surface area contributed by atoms with Gasteiger partial charge in [-0.1, -0.05) is 35.1 Å². The number of aromatic nitrogens is 3. The number of fused-ring (bicyclic) bond motifs is 2. The maximum atomic E-state index is 16.0. The average Bonchev–Trinajstić information content (AvgIpc) is 3.02. The van der Waals surface area contributed by atoms with E-state index in [1.807, 2.05) is 17.0 Å². The minimum absolute atomic E-state index is 0.0301. The van der Waals surface area contributed by atoms with Crippen LogP contribution in [0.15, 0.2) is 24.3 Å². The van der Waals surface area contributed by atoms with Crippen molar-refractivity contribution in [3.63, 3.8) is 0 Å². The summed E-state index contributed by atoms with van der Waals surface area (Å²) in [6, 6.07) is 7.13. The summed E-state index contributed by atoms with van der Waals surface area (Å²) in [5.41, 5.74) is 7.27. The molecule has 1 atom stereocenters. The Morgan fingerprint density at radius 1 is 1.31 bits per heavy atom. The topological polar surface area (TPSA) is 109 Å². The number of para-hydroxylation sites is 1. The van der Waals surface area contributed by atoms with Gasteiger partial charge in [0.05, 0.1) is 28.5 Å². The summed E-state index contributed by atoms with van der Waals surface area (Å²) in [4.78, 5) is 15.0. The van der Waals surface area contributed by atoms with Crippen molar-refractivity contribution in [2.45, 2.75) is 6.10 Å². The van der Waals surface area contributed by atoms with Crippen LogP contribution in [-0.4, -0.2) is 59.5 Å². The van der Waals surface area contributed by atoms with E-state index in [9.17, 15) is 5.11 Å². The zero-order valence-corrected chi connectivity index (χ0v) is 18.7. The Morgan fingerprint density at radius 3 is 2.97 bits per heavy atom. The summed E-state index contributed by atoms with van der Waals surface area (Å²) < 4.78 is 22.1. The number of anilines is 2. The number of nitrogen functional groups attached to an aromatic ring is 1. The first-order chi connectivity index (χ1) is 15.5. The van der Waals surface area contributed by atoms with E-state index in [0.717, 1.165) is 4.70 Å². The average molecular weight is 475 g/mol. The first kappa shape index (κ1) is 21.1. The SMILES string of the molecule is COc1nc(N2CCNCC(O)C2)c2cc(Cl)c(-c3cccc4sc(N)nc34)c(F)c2n1. The second kappa shape index (κ2) is 8.28. The van der Waals surface area contributed by atoms with Crippen molar-refractivity contribution in [3.8, 4) is 17.1 Å². The number of nitrogens with zero attached hydrogens (tertiary/aromatic N) is 4. The molecular weight excluding hydrogens is 455 g/mol. The van der Waals surface area contributed by atoms with Gasteiger partial charge in [-0.25, -0.2) is 9.37 Å². The highest BCUT2D eigenvalue weighted by molar-refractivity contribution is 7.22. The number of benzene rings is 2. The van der Waals surface area contributed by atoms with Crippen molar-refractivity contribution in [1.82, 2.24) is 20.3 Å². The zero-order valence-electron chi connectivity index (χ0n) is 17.1. The van der Waals surface area contributed by atoms with Crippen LogP contribution >= 0.6 is 22.9 Å². The van der Waals surface area contributed by atoms with Crippen molar-refractivity contribution in [2.75, 3.05) is 43.9 Å². The van der Waals surface area contributed by atoms with Crippen molar-refractivity contribution < 1.29 is 14.2 Å². The molecule has 0 bridgehead atoms. The molecule has 5 rings (SSSR count). The molecule has 32 heavy (non-hydrogen) atoms. The van der Waals surface area contributed by atoms with Crippen molar-refractivity contribution in [3.05, 3.63) is 35.1 Å². The molecule has 2 aromatic heterocycles. The number of aliphatic hydroxyl groups excluding tert-OH is 1. The number of aliphatic hydroxyl groups is 1. The predicted octanol–water partition coefficient (Wildman–Crippen LogP) is 3.06. The normalized spacial score (nSPS) is 17.1. The summed E-state index contributed by atoms with van der Waals surface area (Å²) in [5, 5.41) is 14.4. The Hall–Kier alpha value is -2.79. The maximum absolute atomic E-state index is 16.0. The molecule has 1 saturated heterocycles. The van der Waals surface area contributed by atoms with E-state index in [2.05, 4.69) is 20.3 Å². The molecule has 0 aliphatic carbocycles. The number of hydrogen-bond acceptors (Lipinski definition) is 9. The van der Waals surface area contributed by atoms with Crippen LogP contribution in [0.1, 0.15) is 0 Å². The Labute approximate surface area is 191 Å².